The molecule has 0 atom stereocenters. The number of benzene rings is 1. The second-order valence-corrected chi connectivity index (χ2v) is 5.13. The van der Waals surface area contributed by atoms with Crippen LogP contribution in [0.1, 0.15) is 36.5 Å². The lowest BCUT2D eigenvalue weighted by atomic mass is 9.93. The monoisotopic (exact) mass is 261 g/mol. The number of anilines is 1. The number of ketones is 1. The maximum Gasteiger partial charge on any atom is 0.303 e. The van der Waals surface area contributed by atoms with Gasteiger partial charge in [0, 0.05) is 30.8 Å². The fourth-order valence-electron chi connectivity index (χ4n) is 2.55. The van der Waals surface area contributed by atoms with Gasteiger partial charge in [-0.1, -0.05) is 0 Å². The Balaban J connectivity index is 1.94. The summed E-state index contributed by atoms with van der Waals surface area (Å²) >= 11 is 0. The Morgan fingerprint density at radius 3 is 2.26 bits per heavy atom. The molecule has 2 rings (SSSR count). The van der Waals surface area contributed by atoms with E-state index in [1.165, 1.54) is 0 Å². The number of hydrogen-bond donors (Lipinski definition) is 1. The van der Waals surface area contributed by atoms with Crippen molar-refractivity contribution in [3.8, 4) is 0 Å². The number of carboxylic acid groups (broad SMARTS) is 1. The lowest BCUT2D eigenvalue weighted by Gasteiger charge is -2.33. The topological polar surface area (TPSA) is 57.6 Å². The molecule has 1 fully saturated rings. The van der Waals surface area contributed by atoms with Gasteiger partial charge in [0.15, 0.2) is 5.78 Å². The van der Waals surface area contributed by atoms with Gasteiger partial charge < -0.3 is 10.0 Å². The first kappa shape index (κ1) is 13.6. The van der Waals surface area contributed by atoms with Crippen LogP contribution in [0.2, 0.25) is 0 Å². The fourth-order valence-corrected chi connectivity index (χ4v) is 2.55. The molecule has 102 valence electrons. The summed E-state index contributed by atoms with van der Waals surface area (Å²) in [7, 11) is 0. The predicted octanol–water partition coefficient (Wildman–Crippen LogP) is 2.58. The zero-order chi connectivity index (χ0) is 13.8. The van der Waals surface area contributed by atoms with Gasteiger partial charge in [-0.3, -0.25) is 9.59 Å². The van der Waals surface area contributed by atoms with Gasteiger partial charge in [0.1, 0.15) is 0 Å². The Labute approximate surface area is 113 Å². The third kappa shape index (κ3) is 3.56. The van der Waals surface area contributed by atoms with Crippen LogP contribution in [-0.4, -0.2) is 29.9 Å². The van der Waals surface area contributed by atoms with E-state index >= 15 is 0 Å². The average molecular weight is 261 g/mol. The number of piperidine rings is 1. The number of carbonyl (C=O) groups excluding carboxylic acids is 1. The lowest BCUT2D eigenvalue weighted by molar-refractivity contribution is -0.138. The molecule has 1 aromatic rings. The summed E-state index contributed by atoms with van der Waals surface area (Å²) in [5, 5.41) is 8.79. The second kappa shape index (κ2) is 5.87. The Morgan fingerprint density at radius 2 is 1.79 bits per heavy atom. The largest absolute Gasteiger partial charge is 0.481 e. The van der Waals surface area contributed by atoms with E-state index < -0.39 is 5.97 Å². The molecule has 1 aliphatic rings. The summed E-state index contributed by atoms with van der Waals surface area (Å²) < 4.78 is 0. The molecule has 0 aromatic heterocycles. The summed E-state index contributed by atoms with van der Waals surface area (Å²) in [6.45, 7) is 3.33. The highest BCUT2D eigenvalue weighted by molar-refractivity contribution is 5.94. The van der Waals surface area contributed by atoms with Gasteiger partial charge in [0.05, 0.1) is 0 Å². The first-order valence-electron chi connectivity index (χ1n) is 6.64. The van der Waals surface area contributed by atoms with Crippen LogP contribution in [0.4, 0.5) is 5.69 Å². The summed E-state index contributed by atoms with van der Waals surface area (Å²) in [6, 6.07) is 7.63. The first-order valence-corrected chi connectivity index (χ1v) is 6.64. The van der Waals surface area contributed by atoms with Gasteiger partial charge in [-0.25, -0.2) is 0 Å². The minimum absolute atomic E-state index is 0.0757. The molecule has 19 heavy (non-hydrogen) atoms. The van der Waals surface area contributed by atoms with Gasteiger partial charge in [-0.2, -0.15) is 0 Å². The Morgan fingerprint density at radius 1 is 1.21 bits per heavy atom. The van der Waals surface area contributed by atoms with E-state index in [1.807, 2.05) is 24.3 Å². The van der Waals surface area contributed by atoms with Gasteiger partial charge in [-0.05, 0) is 49.9 Å². The van der Waals surface area contributed by atoms with Crippen LogP contribution in [0, 0.1) is 5.92 Å². The number of Topliss-reactive ketones (excluding diaryl/α,β-unsaturated/α-hetero) is 1. The van der Waals surface area contributed by atoms with Gasteiger partial charge in [0.2, 0.25) is 0 Å². The molecular formula is C15H19NO3. The van der Waals surface area contributed by atoms with Crippen molar-refractivity contribution >= 4 is 17.4 Å². The highest BCUT2D eigenvalue weighted by Gasteiger charge is 2.21. The second-order valence-electron chi connectivity index (χ2n) is 5.13. The van der Waals surface area contributed by atoms with Crippen LogP contribution in [0.15, 0.2) is 24.3 Å². The number of carbonyl (C=O) groups is 2. The smallest absolute Gasteiger partial charge is 0.303 e. The Kier molecular flexibility index (Phi) is 4.20. The minimum atomic E-state index is -0.704. The third-order valence-electron chi connectivity index (χ3n) is 3.72. The quantitative estimate of drug-likeness (QED) is 0.846. The Hall–Kier alpha value is -1.84. The summed E-state index contributed by atoms with van der Waals surface area (Å²) in [6.07, 6.45) is 2.11. The van der Waals surface area contributed by atoms with Crippen molar-refractivity contribution in [1.82, 2.24) is 0 Å². The summed E-state index contributed by atoms with van der Waals surface area (Å²) in [5.41, 5.74) is 1.84. The molecule has 1 heterocycles. The van der Waals surface area contributed by atoms with Crippen LogP contribution >= 0.6 is 0 Å². The predicted molar refractivity (Wildman–Crippen MR) is 73.6 cm³/mol. The molecule has 0 aliphatic carbocycles. The molecule has 1 aromatic carbocycles. The number of aliphatic carboxylic acids is 1. The standard InChI is InChI=1S/C15H19NO3/c1-11(17)13-2-4-14(5-3-13)16-8-6-12(7-9-16)10-15(18)19/h2-5,12H,6-10H2,1H3,(H,18,19). The average Bonchev–Trinajstić information content (AvgIpc) is 2.39. The van der Waals surface area contributed by atoms with Crippen molar-refractivity contribution in [2.45, 2.75) is 26.2 Å². The van der Waals surface area contributed by atoms with Crippen LogP contribution in [0.3, 0.4) is 0 Å². The van der Waals surface area contributed by atoms with E-state index in [9.17, 15) is 9.59 Å². The zero-order valence-corrected chi connectivity index (χ0v) is 11.1. The maximum absolute atomic E-state index is 11.2. The Bertz CT molecular complexity index is 459. The number of carboxylic acids is 1. The molecule has 0 amide bonds. The van der Waals surface area contributed by atoms with Crippen LogP contribution in [-0.2, 0) is 4.79 Å². The molecule has 0 spiro atoms. The molecule has 0 unspecified atom stereocenters. The number of nitrogens with zero attached hydrogens (tertiary/aromatic N) is 1. The van der Waals surface area contributed by atoms with Crippen LogP contribution < -0.4 is 4.90 Å². The molecule has 1 N–H and O–H groups in total. The molecular weight excluding hydrogens is 242 g/mol. The van der Waals surface area contributed by atoms with Crippen molar-refractivity contribution in [3.05, 3.63) is 29.8 Å². The van der Waals surface area contributed by atoms with Gasteiger partial charge in [0.25, 0.3) is 0 Å². The molecule has 1 aliphatic heterocycles. The van der Waals surface area contributed by atoms with E-state index in [0.29, 0.717) is 5.92 Å². The van der Waals surface area contributed by atoms with Crippen molar-refractivity contribution < 1.29 is 14.7 Å². The first-order chi connectivity index (χ1) is 9.06. The molecule has 0 saturated carbocycles. The number of hydrogen-bond acceptors (Lipinski definition) is 3. The zero-order valence-electron chi connectivity index (χ0n) is 11.1. The van der Waals surface area contributed by atoms with Crippen LogP contribution in [0.25, 0.3) is 0 Å². The lowest BCUT2D eigenvalue weighted by Crippen LogP contribution is -2.34. The van der Waals surface area contributed by atoms with Gasteiger partial charge in [-0.15, -0.1) is 0 Å². The fraction of sp³-hybridized carbons (Fsp3) is 0.467. The molecule has 4 heteroatoms. The van der Waals surface area contributed by atoms with E-state index in [-0.39, 0.29) is 12.2 Å². The molecule has 0 radical (unpaired) electrons. The summed E-state index contributed by atoms with van der Waals surface area (Å²) in [4.78, 5) is 24.1. The van der Waals surface area contributed by atoms with Crippen molar-refractivity contribution in [1.29, 1.82) is 0 Å². The highest BCUT2D eigenvalue weighted by Crippen LogP contribution is 2.25. The highest BCUT2D eigenvalue weighted by atomic mass is 16.4. The van der Waals surface area contributed by atoms with Crippen LogP contribution in [0.5, 0.6) is 0 Å². The third-order valence-corrected chi connectivity index (χ3v) is 3.72. The van der Waals surface area contributed by atoms with E-state index in [1.54, 1.807) is 6.92 Å². The number of rotatable bonds is 4. The SMILES string of the molecule is CC(=O)c1ccc(N2CCC(CC(=O)O)CC2)cc1. The van der Waals surface area contributed by atoms with E-state index in [0.717, 1.165) is 37.2 Å². The molecule has 1 saturated heterocycles. The molecule has 0 bridgehead atoms. The van der Waals surface area contributed by atoms with Crippen molar-refractivity contribution in [2.24, 2.45) is 5.92 Å². The van der Waals surface area contributed by atoms with E-state index in [2.05, 4.69) is 4.90 Å². The normalized spacial score (nSPS) is 16.4. The maximum atomic E-state index is 11.2. The summed E-state index contributed by atoms with van der Waals surface area (Å²) in [5.74, 6) is -0.332. The van der Waals surface area contributed by atoms with Crippen molar-refractivity contribution in [3.63, 3.8) is 0 Å². The van der Waals surface area contributed by atoms with Crippen molar-refractivity contribution in [2.75, 3.05) is 18.0 Å². The minimum Gasteiger partial charge on any atom is -0.481 e. The van der Waals surface area contributed by atoms with E-state index in [4.69, 9.17) is 5.11 Å². The van der Waals surface area contributed by atoms with Gasteiger partial charge >= 0.3 is 5.97 Å². The molecule has 4 nitrogen and oxygen atoms in total.